The number of rotatable bonds is 6. The molecule has 0 aliphatic carbocycles. The summed E-state index contributed by atoms with van der Waals surface area (Å²) in [7, 11) is 0. The van der Waals surface area contributed by atoms with Gasteiger partial charge in [-0.25, -0.2) is 0 Å². The molecule has 29 heavy (non-hydrogen) atoms. The molecule has 3 heterocycles. The molecule has 0 saturated carbocycles. The number of carbonyl (C=O) groups excluding carboxylic acids is 2. The summed E-state index contributed by atoms with van der Waals surface area (Å²) in [5.74, 6) is -0.319. The Labute approximate surface area is 174 Å². The number of hydrogen-bond acceptors (Lipinski definition) is 9. The molecule has 11 heteroatoms. The van der Waals surface area contributed by atoms with Gasteiger partial charge in [-0.1, -0.05) is 53.0 Å². The third-order valence-electron chi connectivity index (χ3n) is 4.24. The zero-order valence-electron chi connectivity index (χ0n) is 15.4. The number of amides is 2. The first-order valence-corrected chi connectivity index (χ1v) is 10.7. The Bertz CT molecular complexity index is 984. The Morgan fingerprint density at radius 1 is 1.03 bits per heavy atom. The van der Waals surface area contributed by atoms with Crippen molar-refractivity contribution in [1.29, 1.82) is 0 Å². The van der Waals surface area contributed by atoms with Gasteiger partial charge in [0.1, 0.15) is 10.0 Å². The summed E-state index contributed by atoms with van der Waals surface area (Å²) >= 11 is 2.47. The highest BCUT2D eigenvalue weighted by molar-refractivity contribution is 7.18. The molecule has 4 rings (SSSR count). The maximum atomic E-state index is 12.4. The number of aryl methyl sites for hydroxylation is 1. The lowest BCUT2D eigenvalue weighted by molar-refractivity contribution is -0.135. The van der Waals surface area contributed by atoms with Crippen LogP contribution in [0.15, 0.2) is 30.3 Å². The van der Waals surface area contributed by atoms with Crippen molar-refractivity contribution in [2.45, 2.75) is 12.8 Å². The van der Waals surface area contributed by atoms with Crippen LogP contribution in [0.3, 0.4) is 0 Å². The fourth-order valence-corrected chi connectivity index (χ4v) is 4.23. The maximum absolute atomic E-state index is 12.4. The van der Waals surface area contributed by atoms with Crippen molar-refractivity contribution in [3.05, 3.63) is 40.3 Å². The zero-order valence-corrected chi connectivity index (χ0v) is 17.0. The molecule has 0 bridgehead atoms. The molecule has 2 amide bonds. The highest BCUT2D eigenvalue weighted by Crippen LogP contribution is 2.26. The predicted octanol–water partition coefficient (Wildman–Crippen LogP) is 2.10. The molecule has 2 aromatic heterocycles. The normalized spacial score (nSPS) is 14.0. The molecule has 0 unspecified atom stereocenters. The van der Waals surface area contributed by atoms with E-state index in [0.717, 1.165) is 10.6 Å². The number of ether oxygens (including phenoxy) is 1. The predicted molar refractivity (Wildman–Crippen MR) is 109 cm³/mol. The molecule has 1 N–H and O–H groups in total. The Balaban J connectivity index is 1.31. The van der Waals surface area contributed by atoms with E-state index in [2.05, 4.69) is 25.7 Å². The van der Waals surface area contributed by atoms with Crippen LogP contribution >= 0.6 is 22.7 Å². The van der Waals surface area contributed by atoms with E-state index in [4.69, 9.17) is 4.74 Å². The number of morpholine rings is 1. The Morgan fingerprint density at radius 3 is 2.62 bits per heavy atom. The van der Waals surface area contributed by atoms with E-state index in [0.29, 0.717) is 49.3 Å². The molecule has 3 aromatic rings. The molecule has 150 valence electrons. The van der Waals surface area contributed by atoms with Crippen LogP contribution in [0.5, 0.6) is 0 Å². The van der Waals surface area contributed by atoms with Crippen molar-refractivity contribution in [2.75, 3.05) is 31.6 Å². The van der Waals surface area contributed by atoms with Gasteiger partial charge in [-0.05, 0) is 0 Å². The molecule has 0 radical (unpaired) electrons. The first kappa shape index (κ1) is 19.6. The summed E-state index contributed by atoms with van der Waals surface area (Å²) in [6.07, 6.45) is 0.797. The van der Waals surface area contributed by atoms with E-state index >= 15 is 0 Å². The second-order valence-corrected chi connectivity index (χ2v) is 8.27. The van der Waals surface area contributed by atoms with Gasteiger partial charge in [0, 0.05) is 31.5 Å². The molecule has 1 saturated heterocycles. The topological polar surface area (TPSA) is 110 Å². The summed E-state index contributed by atoms with van der Waals surface area (Å²) in [4.78, 5) is 26.4. The van der Waals surface area contributed by atoms with Gasteiger partial charge in [0.05, 0.1) is 13.2 Å². The number of benzene rings is 1. The fourth-order valence-electron chi connectivity index (χ4n) is 2.75. The monoisotopic (exact) mass is 430 g/mol. The largest absolute Gasteiger partial charge is 0.378 e. The van der Waals surface area contributed by atoms with Crippen molar-refractivity contribution in [3.63, 3.8) is 0 Å². The van der Waals surface area contributed by atoms with Crippen LogP contribution < -0.4 is 5.32 Å². The Hall–Kier alpha value is -2.76. The van der Waals surface area contributed by atoms with E-state index in [-0.39, 0.29) is 16.8 Å². The second-order valence-electron chi connectivity index (χ2n) is 6.23. The molecule has 0 atom stereocenters. The van der Waals surface area contributed by atoms with E-state index in [1.165, 1.54) is 22.7 Å². The van der Waals surface area contributed by atoms with Gasteiger partial charge in [-0.15, -0.1) is 20.4 Å². The number of aromatic nitrogens is 4. The van der Waals surface area contributed by atoms with E-state index < -0.39 is 0 Å². The third kappa shape index (κ3) is 5.00. The van der Waals surface area contributed by atoms with Gasteiger partial charge in [0.25, 0.3) is 5.91 Å². The summed E-state index contributed by atoms with van der Waals surface area (Å²) in [5.41, 5.74) is 0.939. The number of carbonyl (C=O) groups is 2. The summed E-state index contributed by atoms with van der Waals surface area (Å²) in [6.45, 7) is 2.39. The standard InChI is InChI=1S/C18H18N6O3S2/c25-14(24-8-10-27-11-9-24)7-6-13-20-22-17(28-13)15(26)19-18-23-21-16(29-18)12-4-2-1-3-5-12/h1-5H,6-11H2,(H,19,23,26). The van der Waals surface area contributed by atoms with Crippen molar-refractivity contribution >= 4 is 39.6 Å². The lowest BCUT2D eigenvalue weighted by Crippen LogP contribution is -2.40. The molecule has 9 nitrogen and oxygen atoms in total. The smallest absolute Gasteiger partial charge is 0.288 e. The van der Waals surface area contributed by atoms with Gasteiger partial charge in [-0.3, -0.25) is 14.9 Å². The van der Waals surface area contributed by atoms with Crippen molar-refractivity contribution in [1.82, 2.24) is 25.3 Å². The minimum absolute atomic E-state index is 0.0665. The molecule has 1 fully saturated rings. The molecular weight excluding hydrogens is 412 g/mol. The minimum Gasteiger partial charge on any atom is -0.378 e. The van der Waals surface area contributed by atoms with Crippen LogP contribution in [0.1, 0.15) is 21.2 Å². The maximum Gasteiger partial charge on any atom is 0.288 e. The van der Waals surface area contributed by atoms with Crippen molar-refractivity contribution in [2.24, 2.45) is 0 Å². The van der Waals surface area contributed by atoms with Crippen LogP contribution in [0.2, 0.25) is 0 Å². The molecule has 1 aromatic carbocycles. The number of nitrogens with one attached hydrogen (secondary N) is 1. The quantitative estimate of drug-likeness (QED) is 0.638. The van der Waals surface area contributed by atoms with Crippen LogP contribution in [0.4, 0.5) is 5.13 Å². The Kier molecular flexibility index (Phi) is 6.17. The minimum atomic E-state index is -0.385. The van der Waals surface area contributed by atoms with Gasteiger partial charge < -0.3 is 9.64 Å². The van der Waals surface area contributed by atoms with E-state index in [1.807, 2.05) is 30.3 Å². The second kappa shape index (κ2) is 9.16. The zero-order chi connectivity index (χ0) is 20.1. The highest BCUT2D eigenvalue weighted by atomic mass is 32.1. The molecule has 1 aliphatic rings. The van der Waals surface area contributed by atoms with Gasteiger partial charge in [-0.2, -0.15) is 0 Å². The van der Waals surface area contributed by atoms with E-state index in [9.17, 15) is 9.59 Å². The van der Waals surface area contributed by atoms with Crippen LogP contribution in [0, 0.1) is 0 Å². The number of nitrogens with zero attached hydrogens (tertiary/aromatic N) is 5. The van der Waals surface area contributed by atoms with Gasteiger partial charge >= 0.3 is 0 Å². The summed E-state index contributed by atoms with van der Waals surface area (Å²) in [5, 5.41) is 20.8. The summed E-state index contributed by atoms with van der Waals surface area (Å²) < 4.78 is 5.25. The number of hydrogen-bond donors (Lipinski definition) is 1. The highest BCUT2D eigenvalue weighted by Gasteiger charge is 2.19. The molecule has 1 aliphatic heterocycles. The summed E-state index contributed by atoms with van der Waals surface area (Å²) in [6, 6.07) is 9.63. The van der Waals surface area contributed by atoms with Crippen molar-refractivity contribution in [3.8, 4) is 10.6 Å². The van der Waals surface area contributed by atoms with Gasteiger partial charge in [0.2, 0.25) is 16.0 Å². The molecule has 0 spiro atoms. The van der Waals surface area contributed by atoms with Crippen molar-refractivity contribution < 1.29 is 14.3 Å². The lowest BCUT2D eigenvalue weighted by atomic mass is 10.2. The average molecular weight is 431 g/mol. The molecular formula is C18H18N6O3S2. The SMILES string of the molecule is O=C(Nc1nnc(-c2ccccc2)s1)c1nnc(CCC(=O)N2CCOCC2)s1. The number of anilines is 1. The van der Waals surface area contributed by atoms with Crippen LogP contribution in [0.25, 0.3) is 10.6 Å². The van der Waals surface area contributed by atoms with E-state index in [1.54, 1.807) is 4.90 Å². The van der Waals surface area contributed by atoms with Crippen LogP contribution in [-0.4, -0.2) is 63.4 Å². The Morgan fingerprint density at radius 2 is 1.83 bits per heavy atom. The van der Waals surface area contributed by atoms with Gasteiger partial charge in [0.15, 0.2) is 0 Å². The first-order chi connectivity index (χ1) is 14.2. The third-order valence-corrected chi connectivity index (χ3v) is 6.11. The first-order valence-electron chi connectivity index (χ1n) is 9.07. The van der Waals surface area contributed by atoms with Crippen LogP contribution in [-0.2, 0) is 16.0 Å². The fraction of sp³-hybridized carbons (Fsp3) is 0.333. The lowest BCUT2D eigenvalue weighted by Gasteiger charge is -2.26. The average Bonchev–Trinajstić information content (AvgIpc) is 3.43.